The Morgan fingerprint density at radius 2 is 1.50 bits per heavy atom. The number of carbonyl (C=O) groups excluding carboxylic acids is 2. The molecule has 0 aromatic heterocycles. The molecule has 8 nitrogen and oxygen atoms in total. The summed E-state index contributed by atoms with van der Waals surface area (Å²) in [7, 11) is -3.51. The van der Waals surface area contributed by atoms with Crippen molar-refractivity contribution in [2.75, 3.05) is 44.6 Å². The Labute approximate surface area is 180 Å². The van der Waals surface area contributed by atoms with E-state index in [1.54, 1.807) is 30.9 Å². The van der Waals surface area contributed by atoms with Gasteiger partial charge in [-0.15, -0.1) is 0 Å². The molecule has 1 heterocycles. The van der Waals surface area contributed by atoms with E-state index in [0.29, 0.717) is 57.8 Å². The van der Waals surface area contributed by atoms with Gasteiger partial charge >= 0.3 is 6.03 Å². The van der Waals surface area contributed by atoms with E-state index in [9.17, 15) is 18.0 Å². The Morgan fingerprint density at radius 3 is 1.97 bits per heavy atom. The summed E-state index contributed by atoms with van der Waals surface area (Å²) in [5.74, 6) is -0.255. The summed E-state index contributed by atoms with van der Waals surface area (Å²) >= 11 is 0. The molecule has 0 spiro atoms. The standard InChI is InChI=1S/C21H34N4O4S/c1-5-23(6-2)21(27)24-15-13-17(14-16-24)20(26)22-18-9-11-19(12-10-18)30(28,29)25(7-3)8-4/h9-12,17H,5-8,13-16H2,1-4H3,(H,22,26). The Kier molecular flexibility index (Phi) is 8.66. The minimum absolute atomic E-state index is 0.0314. The maximum absolute atomic E-state index is 12.6. The van der Waals surface area contributed by atoms with Crippen molar-refractivity contribution in [2.45, 2.75) is 45.4 Å². The third-order valence-corrected chi connectivity index (χ3v) is 7.70. The molecule has 1 N–H and O–H groups in total. The van der Waals surface area contributed by atoms with Gasteiger partial charge in [0, 0.05) is 50.9 Å². The lowest BCUT2D eigenvalue weighted by molar-refractivity contribution is -0.121. The number of nitrogens with one attached hydrogen (secondary N) is 1. The van der Waals surface area contributed by atoms with Crippen LogP contribution in [0.15, 0.2) is 29.2 Å². The van der Waals surface area contributed by atoms with Crippen molar-refractivity contribution in [3.63, 3.8) is 0 Å². The first kappa shape index (κ1) is 24.1. The van der Waals surface area contributed by atoms with E-state index in [1.165, 1.54) is 16.4 Å². The van der Waals surface area contributed by atoms with Crippen molar-refractivity contribution in [1.29, 1.82) is 0 Å². The second kappa shape index (κ2) is 10.8. The molecule has 0 bridgehead atoms. The molecule has 1 aromatic carbocycles. The number of anilines is 1. The molecule has 0 unspecified atom stereocenters. The van der Waals surface area contributed by atoms with Gasteiger partial charge in [0.2, 0.25) is 15.9 Å². The molecular formula is C21H34N4O4S. The number of amides is 3. The second-order valence-electron chi connectivity index (χ2n) is 7.32. The molecule has 1 fully saturated rings. The van der Waals surface area contributed by atoms with Crippen LogP contribution >= 0.6 is 0 Å². The summed E-state index contributed by atoms with van der Waals surface area (Å²) in [6.45, 7) is 10.8. The van der Waals surface area contributed by atoms with Crippen molar-refractivity contribution in [2.24, 2.45) is 5.92 Å². The smallest absolute Gasteiger partial charge is 0.319 e. The topological polar surface area (TPSA) is 90.0 Å². The van der Waals surface area contributed by atoms with E-state index in [0.717, 1.165) is 0 Å². The number of carbonyl (C=O) groups is 2. The zero-order valence-corrected chi connectivity index (χ0v) is 19.2. The summed E-state index contributed by atoms with van der Waals surface area (Å²) in [5.41, 5.74) is 0.570. The summed E-state index contributed by atoms with van der Waals surface area (Å²) in [6.07, 6.45) is 1.24. The van der Waals surface area contributed by atoms with Gasteiger partial charge < -0.3 is 15.1 Å². The number of hydrogen-bond acceptors (Lipinski definition) is 4. The van der Waals surface area contributed by atoms with Gasteiger partial charge in [-0.25, -0.2) is 13.2 Å². The number of hydrogen-bond donors (Lipinski definition) is 1. The van der Waals surface area contributed by atoms with Gasteiger partial charge in [-0.3, -0.25) is 4.79 Å². The molecule has 30 heavy (non-hydrogen) atoms. The number of likely N-dealkylation sites (tertiary alicyclic amines) is 1. The Hall–Kier alpha value is -2.13. The van der Waals surface area contributed by atoms with Crippen LogP contribution in [0, 0.1) is 5.92 Å². The number of piperidine rings is 1. The Bertz CT molecular complexity index is 810. The first-order chi connectivity index (χ1) is 14.3. The van der Waals surface area contributed by atoms with Crippen LogP contribution in [0.25, 0.3) is 0 Å². The van der Waals surface area contributed by atoms with Crippen LogP contribution in [0.4, 0.5) is 10.5 Å². The number of sulfonamides is 1. The fraction of sp³-hybridized carbons (Fsp3) is 0.619. The van der Waals surface area contributed by atoms with Crippen LogP contribution < -0.4 is 5.32 Å². The Morgan fingerprint density at radius 1 is 0.967 bits per heavy atom. The van der Waals surface area contributed by atoms with Crippen LogP contribution in [-0.2, 0) is 14.8 Å². The molecular weight excluding hydrogens is 404 g/mol. The van der Waals surface area contributed by atoms with E-state index in [-0.39, 0.29) is 22.8 Å². The van der Waals surface area contributed by atoms with E-state index in [2.05, 4.69) is 5.32 Å². The molecule has 0 saturated carbocycles. The molecule has 1 aliphatic rings. The van der Waals surface area contributed by atoms with Gasteiger partial charge in [0.05, 0.1) is 4.90 Å². The van der Waals surface area contributed by atoms with Crippen molar-refractivity contribution < 1.29 is 18.0 Å². The largest absolute Gasteiger partial charge is 0.326 e. The van der Waals surface area contributed by atoms with Gasteiger partial charge in [-0.1, -0.05) is 13.8 Å². The van der Waals surface area contributed by atoms with Crippen LogP contribution in [0.1, 0.15) is 40.5 Å². The highest BCUT2D eigenvalue weighted by molar-refractivity contribution is 7.89. The van der Waals surface area contributed by atoms with Gasteiger partial charge in [0.1, 0.15) is 0 Å². The maximum atomic E-state index is 12.6. The fourth-order valence-electron chi connectivity index (χ4n) is 3.69. The zero-order chi connectivity index (χ0) is 22.3. The average molecular weight is 439 g/mol. The summed E-state index contributed by atoms with van der Waals surface area (Å²) in [6, 6.07) is 6.31. The summed E-state index contributed by atoms with van der Waals surface area (Å²) in [4.78, 5) is 28.9. The number of rotatable bonds is 8. The SMILES string of the molecule is CCN(CC)C(=O)N1CCC(C(=O)Nc2ccc(S(=O)(=O)N(CC)CC)cc2)CC1. The van der Waals surface area contributed by atoms with Crippen molar-refractivity contribution in [3.8, 4) is 0 Å². The molecule has 168 valence electrons. The second-order valence-corrected chi connectivity index (χ2v) is 9.26. The minimum atomic E-state index is -3.51. The summed E-state index contributed by atoms with van der Waals surface area (Å²) in [5, 5.41) is 2.88. The third-order valence-electron chi connectivity index (χ3n) is 5.64. The molecule has 9 heteroatoms. The van der Waals surface area contributed by atoms with E-state index < -0.39 is 10.0 Å². The lowest BCUT2D eigenvalue weighted by Gasteiger charge is -2.34. The predicted molar refractivity (Wildman–Crippen MR) is 118 cm³/mol. The van der Waals surface area contributed by atoms with Gasteiger partial charge in [-0.05, 0) is 51.0 Å². The molecule has 1 saturated heterocycles. The normalized spacial score (nSPS) is 15.3. The lowest BCUT2D eigenvalue weighted by Crippen LogP contribution is -2.47. The minimum Gasteiger partial charge on any atom is -0.326 e. The van der Waals surface area contributed by atoms with Gasteiger partial charge in [0.25, 0.3) is 0 Å². The maximum Gasteiger partial charge on any atom is 0.319 e. The van der Waals surface area contributed by atoms with Crippen LogP contribution in [0.2, 0.25) is 0 Å². The highest BCUT2D eigenvalue weighted by Gasteiger charge is 2.29. The Balaban J connectivity index is 1.94. The zero-order valence-electron chi connectivity index (χ0n) is 18.4. The first-order valence-electron chi connectivity index (χ1n) is 10.7. The number of urea groups is 1. The van der Waals surface area contributed by atoms with E-state index in [1.807, 2.05) is 18.7 Å². The van der Waals surface area contributed by atoms with Crippen LogP contribution in [0.5, 0.6) is 0 Å². The first-order valence-corrected chi connectivity index (χ1v) is 12.2. The van der Waals surface area contributed by atoms with Crippen molar-refractivity contribution >= 4 is 27.6 Å². The fourth-order valence-corrected chi connectivity index (χ4v) is 5.15. The lowest BCUT2D eigenvalue weighted by atomic mass is 9.96. The molecule has 1 aromatic rings. The molecule has 3 amide bonds. The molecule has 2 rings (SSSR count). The van der Waals surface area contributed by atoms with Crippen LogP contribution in [0.3, 0.4) is 0 Å². The number of benzene rings is 1. The highest BCUT2D eigenvalue weighted by Crippen LogP contribution is 2.22. The predicted octanol–water partition coefficient (Wildman–Crippen LogP) is 2.83. The van der Waals surface area contributed by atoms with Crippen molar-refractivity contribution in [1.82, 2.24) is 14.1 Å². The van der Waals surface area contributed by atoms with Crippen molar-refractivity contribution in [3.05, 3.63) is 24.3 Å². The molecule has 0 atom stereocenters. The quantitative estimate of drug-likeness (QED) is 0.676. The molecule has 0 aliphatic carbocycles. The van der Waals surface area contributed by atoms with Crippen LogP contribution in [-0.4, -0.2) is 73.7 Å². The monoisotopic (exact) mass is 438 g/mol. The highest BCUT2D eigenvalue weighted by atomic mass is 32.2. The summed E-state index contributed by atoms with van der Waals surface area (Å²) < 4.78 is 26.5. The molecule has 1 aliphatic heterocycles. The van der Waals surface area contributed by atoms with E-state index >= 15 is 0 Å². The van der Waals surface area contributed by atoms with Gasteiger partial charge in [-0.2, -0.15) is 4.31 Å². The number of nitrogens with zero attached hydrogens (tertiary/aromatic N) is 3. The third kappa shape index (κ3) is 5.51. The average Bonchev–Trinajstić information content (AvgIpc) is 2.75. The molecule has 0 radical (unpaired) electrons. The van der Waals surface area contributed by atoms with Gasteiger partial charge in [0.15, 0.2) is 0 Å². The van der Waals surface area contributed by atoms with E-state index in [4.69, 9.17) is 0 Å².